The molecule has 0 aliphatic rings. The van der Waals surface area contributed by atoms with Crippen LogP contribution in [0.3, 0.4) is 0 Å². The molecule has 2 aromatic rings. The standard InChI is InChI=1S/C11H4ClF3N4O2/c12-8-7(3-16)19-21-10(8)18-9(20)5-4-17-2-1-6(5)11(13,14)15/h1-2,4H,(H,18,20). The molecule has 0 unspecified atom stereocenters. The first-order valence-corrected chi connectivity index (χ1v) is 5.60. The molecule has 0 saturated carbocycles. The molecule has 0 aliphatic carbocycles. The summed E-state index contributed by atoms with van der Waals surface area (Å²) in [5.41, 5.74) is -2.17. The van der Waals surface area contributed by atoms with Gasteiger partial charge in [0, 0.05) is 12.4 Å². The molecule has 0 saturated heterocycles. The van der Waals surface area contributed by atoms with Gasteiger partial charge in [0.2, 0.25) is 5.69 Å². The van der Waals surface area contributed by atoms with E-state index in [4.69, 9.17) is 16.9 Å². The van der Waals surface area contributed by atoms with Gasteiger partial charge < -0.3 is 4.52 Å². The van der Waals surface area contributed by atoms with E-state index in [1.165, 1.54) is 0 Å². The van der Waals surface area contributed by atoms with Crippen LogP contribution in [0.25, 0.3) is 0 Å². The highest BCUT2D eigenvalue weighted by Gasteiger charge is 2.35. The number of rotatable bonds is 2. The summed E-state index contributed by atoms with van der Waals surface area (Å²) in [5, 5.41) is 13.5. The Labute approximate surface area is 120 Å². The van der Waals surface area contributed by atoms with Gasteiger partial charge >= 0.3 is 6.18 Å². The van der Waals surface area contributed by atoms with Crippen molar-refractivity contribution in [2.24, 2.45) is 0 Å². The predicted molar refractivity (Wildman–Crippen MR) is 63.4 cm³/mol. The van der Waals surface area contributed by atoms with Crippen LogP contribution in [0.15, 0.2) is 23.0 Å². The van der Waals surface area contributed by atoms with Crippen molar-refractivity contribution < 1.29 is 22.5 Å². The molecular formula is C11H4ClF3N4O2. The second-order valence-corrected chi connectivity index (χ2v) is 4.04. The Balaban J connectivity index is 2.34. The lowest BCUT2D eigenvalue weighted by Gasteiger charge is -2.11. The Bertz CT molecular complexity index is 736. The van der Waals surface area contributed by atoms with E-state index in [-0.39, 0.29) is 10.7 Å². The summed E-state index contributed by atoms with van der Waals surface area (Å²) in [4.78, 5) is 15.3. The van der Waals surface area contributed by atoms with E-state index in [1.54, 1.807) is 6.07 Å². The smallest absolute Gasteiger partial charge is 0.335 e. The molecule has 10 heteroatoms. The Morgan fingerprint density at radius 1 is 1.48 bits per heavy atom. The molecule has 2 heterocycles. The predicted octanol–water partition coefficient (Wildman–Crippen LogP) is 2.87. The van der Waals surface area contributed by atoms with Gasteiger partial charge in [0.15, 0.2) is 0 Å². The lowest BCUT2D eigenvalue weighted by Crippen LogP contribution is -2.19. The van der Waals surface area contributed by atoms with Crippen molar-refractivity contribution in [3.05, 3.63) is 40.3 Å². The van der Waals surface area contributed by atoms with Crippen LogP contribution in [0.5, 0.6) is 0 Å². The summed E-state index contributed by atoms with van der Waals surface area (Å²) >= 11 is 5.65. The molecular weight excluding hydrogens is 313 g/mol. The normalized spacial score (nSPS) is 11.0. The van der Waals surface area contributed by atoms with Crippen LogP contribution in [0.4, 0.5) is 19.1 Å². The van der Waals surface area contributed by atoms with Crippen LogP contribution in [0.1, 0.15) is 21.6 Å². The van der Waals surface area contributed by atoms with Gasteiger partial charge in [-0.25, -0.2) is 0 Å². The molecule has 1 N–H and O–H groups in total. The first-order chi connectivity index (χ1) is 9.84. The van der Waals surface area contributed by atoms with Crippen molar-refractivity contribution in [3.8, 4) is 6.07 Å². The summed E-state index contributed by atoms with van der Waals surface area (Å²) in [6.07, 6.45) is -3.05. The average Bonchev–Trinajstić information content (AvgIpc) is 2.78. The van der Waals surface area contributed by atoms with Crippen molar-refractivity contribution in [2.75, 3.05) is 5.32 Å². The maximum atomic E-state index is 12.8. The number of hydrogen-bond acceptors (Lipinski definition) is 5. The third-order valence-corrected chi connectivity index (χ3v) is 2.69. The van der Waals surface area contributed by atoms with E-state index in [1.807, 2.05) is 5.32 Å². The molecule has 0 radical (unpaired) electrons. The number of aromatic nitrogens is 2. The number of nitrogens with one attached hydrogen (secondary N) is 1. The monoisotopic (exact) mass is 316 g/mol. The zero-order valence-corrected chi connectivity index (χ0v) is 10.7. The van der Waals surface area contributed by atoms with Gasteiger partial charge in [-0.3, -0.25) is 15.1 Å². The first kappa shape index (κ1) is 14.8. The molecule has 21 heavy (non-hydrogen) atoms. The quantitative estimate of drug-likeness (QED) is 0.919. The van der Waals surface area contributed by atoms with Gasteiger partial charge in [-0.2, -0.15) is 18.4 Å². The molecule has 0 atom stereocenters. The average molecular weight is 317 g/mol. The van der Waals surface area contributed by atoms with Gasteiger partial charge in [-0.05, 0) is 6.07 Å². The number of carbonyl (C=O) groups excluding carboxylic acids is 1. The second-order valence-electron chi connectivity index (χ2n) is 3.66. The van der Waals surface area contributed by atoms with Crippen molar-refractivity contribution in [1.29, 1.82) is 5.26 Å². The number of hydrogen-bond donors (Lipinski definition) is 1. The number of pyridine rings is 1. The number of halogens is 4. The number of carbonyl (C=O) groups is 1. The lowest BCUT2D eigenvalue weighted by molar-refractivity contribution is -0.138. The third kappa shape index (κ3) is 2.95. The number of amides is 1. The van der Waals surface area contributed by atoms with E-state index >= 15 is 0 Å². The minimum atomic E-state index is -4.72. The fourth-order valence-corrected chi connectivity index (χ4v) is 1.58. The summed E-state index contributed by atoms with van der Waals surface area (Å²) < 4.78 is 42.9. The molecule has 0 aliphatic heterocycles. The maximum Gasteiger partial charge on any atom is 0.417 e. The number of nitriles is 1. The maximum absolute atomic E-state index is 12.8. The molecule has 2 aromatic heterocycles. The van der Waals surface area contributed by atoms with Crippen LogP contribution < -0.4 is 5.32 Å². The van der Waals surface area contributed by atoms with Crippen molar-refractivity contribution in [1.82, 2.24) is 10.1 Å². The lowest BCUT2D eigenvalue weighted by atomic mass is 10.1. The molecule has 0 aromatic carbocycles. The number of alkyl halides is 3. The van der Waals surface area contributed by atoms with Crippen LogP contribution in [-0.4, -0.2) is 16.0 Å². The highest BCUT2D eigenvalue weighted by atomic mass is 35.5. The third-order valence-electron chi connectivity index (χ3n) is 2.34. The van der Waals surface area contributed by atoms with Crippen LogP contribution in [-0.2, 0) is 6.18 Å². The summed E-state index contributed by atoms with van der Waals surface area (Å²) in [6, 6.07) is 2.25. The molecule has 1 amide bonds. The van der Waals surface area contributed by atoms with E-state index in [0.29, 0.717) is 6.07 Å². The fourth-order valence-electron chi connectivity index (χ4n) is 1.42. The molecule has 0 bridgehead atoms. The van der Waals surface area contributed by atoms with Gasteiger partial charge in [0.1, 0.15) is 11.1 Å². The highest BCUT2D eigenvalue weighted by Crippen LogP contribution is 2.32. The Morgan fingerprint density at radius 3 is 2.76 bits per heavy atom. The molecule has 6 nitrogen and oxygen atoms in total. The van der Waals surface area contributed by atoms with Crippen molar-refractivity contribution in [2.45, 2.75) is 6.18 Å². The summed E-state index contributed by atoms with van der Waals surface area (Å²) in [5.74, 6) is -1.56. The Morgan fingerprint density at radius 2 is 2.19 bits per heavy atom. The van der Waals surface area contributed by atoms with Crippen molar-refractivity contribution in [3.63, 3.8) is 0 Å². The van der Waals surface area contributed by atoms with Gasteiger partial charge in [0.25, 0.3) is 11.8 Å². The van der Waals surface area contributed by atoms with E-state index in [0.717, 1.165) is 12.4 Å². The fraction of sp³-hybridized carbons (Fsp3) is 0.0909. The van der Waals surface area contributed by atoms with Gasteiger partial charge in [-0.1, -0.05) is 16.8 Å². The van der Waals surface area contributed by atoms with Crippen LogP contribution >= 0.6 is 11.6 Å². The zero-order valence-electron chi connectivity index (χ0n) is 9.90. The summed E-state index contributed by atoms with van der Waals surface area (Å²) in [6.45, 7) is 0. The van der Waals surface area contributed by atoms with E-state index < -0.39 is 29.1 Å². The summed E-state index contributed by atoms with van der Waals surface area (Å²) in [7, 11) is 0. The topological polar surface area (TPSA) is 91.8 Å². The zero-order chi connectivity index (χ0) is 15.6. The van der Waals surface area contributed by atoms with E-state index in [2.05, 4.69) is 14.7 Å². The van der Waals surface area contributed by atoms with Gasteiger partial charge in [0.05, 0.1) is 11.1 Å². The molecule has 2 rings (SSSR count). The molecule has 108 valence electrons. The number of anilines is 1. The Kier molecular flexibility index (Phi) is 3.82. The van der Waals surface area contributed by atoms with Crippen LogP contribution in [0.2, 0.25) is 5.02 Å². The number of nitrogens with zero attached hydrogens (tertiary/aromatic N) is 3. The SMILES string of the molecule is N#Cc1noc(NC(=O)c2cnccc2C(F)(F)F)c1Cl. The van der Waals surface area contributed by atoms with E-state index in [9.17, 15) is 18.0 Å². The molecule has 0 fully saturated rings. The molecule has 0 spiro atoms. The van der Waals surface area contributed by atoms with Crippen LogP contribution in [0, 0.1) is 11.3 Å². The highest BCUT2D eigenvalue weighted by molar-refractivity contribution is 6.34. The largest absolute Gasteiger partial charge is 0.417 e. The van der Waals surface area contributed by atoms with Gasteiger partial charge in [-0.15, -0.1) is 0 Å². The minimum absolute atomic E-state index is 0.297. The minimum Gasteiger partial charge on any atom is -0.335 e. The second kappa shape index (κ2) is 5.41. The Hall–Kier alpha value is -2.60. The first-order valence-electron chi connectivity index (χ1n) is 5.22. The van der Waals surface area contributed by atoms with Crippen molar-refractivity contribution >= 4 is 23.4 Å².